The fourth-order valence-corrected chi connectivity index (χ4v) is 2.64. The maximum Gasteiger partial charge on any atom is 0.417 e. The zero-order valence-corrected chi connectivity index (χ0v) is 10.8. The summed E-state index contributed by atoms with van der Waals surface area (Å²) >= 11 is 1.16. The first-order chi connectivity index (χ1) is 8.97. The Balaban J connectivity index is 2.21. The fourth-order valence-electron chi connectivity index (χ4n) is 1.63. The summed E-state index contributed by atoms with van der Waals surface area (Å²) in [6.07, 6.45) is -4.38. The van der Waals surface area contributed by atoms with Gasteiger partial charge in [-0.25, -0.2) is 0 Å². The van der Waals surface area contributed by atoms with Crippen LogP contribution in [0.15, 0.2) is 53.4 Å². The van der Waals surface area contributed by atoms with Crippen LogP contribution < -0.4 is 5.73 Å². The minimum Gasteiger partial charge on any atom is -0.399 e. The lowest BCUT2D eigenvalue weighted by molar-refractivity contribution is -0.139. The molecule has 0 heterocycles. The molecule has 2 aromatic rings. The van der Waals surface area contributed by atoms with Crippen molar-refractivity contribution in [3.63, 3.8) is 0 Å². The number of alkyl halides is 3. The predicted octanol–water partition coefficient (Wildman–Crippen LogP) is 4.58. The highest BCUT2D eigenvalue weighted by molar-refractivity contribution is 7.98. The number of nitrogens with two attached hydrogens (primary N) is 1. The Bertz CT molecular complexity index is 552. The highest BCUT2D eigenvalue weighted by atomic mass is 32.2. The molecule has 2 N–H and O–H groups in total. The average Bonchev–Trinajstić information content (AvgIpc) is 2.37. The van der Waals surface area contributed by atoms with Gasteiger partial charge < -0.3 is 5.73 Å². The van der Waals surface area contributed by atoms with Crippen LogP contribution in [-0.4, -0.2) is 0 Å². The summed E-state index contributed by atoms with van der Waals surface area (Å²) in [5, 5.41) is 0. The molecule has 0 aliphatic rings. The van der Waals surface area contributed by atoms with E-state index >= 15 is 0 Å². The zero-order valence-electron chi connectivity index (χ0n) is 9.95. The van der Waals surface area contributed by atoms with Gasteiger partial charge >= 0.3 is 6.18 Å². The van der Waals surface area contributed by atoms with E-state index in [-0.39, 0.29) is 10.6 Å². The number of rotatable bonds is 3. The molecule has 0 aromatic heterocycles. The van der Waals surface area contributed by atoms with E-state index in [9.17, 15) is 13.2 Å². The van der Waals surface area contributed by atoms with Gasteiger partial charge in [0.2, 0.25) is 0 Å². The SMILES string of the molecule is Nc1ccc(SCc2ccccc2)c(C(F)(F)F)c1. The standard InChI is InChI=1S/C14H12F3NS/c15-14(16,17)12-8-11(18)6-7-13(12)19-9-10-4-2-1-3-5-10/h1-8H,9,18H2. The number of halogens is 3. The average molecular weight is 283 g/mol. The molecule has 0 saturated carbocycles. The van der Waals surface area contributed by atoms with E-state index in [1.54, 1.807) is 0 Å². The van der Waals surface area contributed by atoms with Gasteiger partial charge in [0.05, 0.1) is 5.56 Å². The van der Waals surface area contributed by atoms with Crippen LogP contribution in [-0.2, 0) is 11.9 Å². The molecule has 2 rings (SSSR count). The molecule has 0 bridgehead atoms. The summed E-state index contributed by atoms with van der Waals surface area (Å²) in [5.74, 6) is 0.494. The Labute approximate surface area is 113 Å². The fraction of sp³-hybridized carbons (Fsp3) is 0.143. The van der Waals surface area contributed by atoms with Crippen LogP contribution >= 0.6 is 11.8 Å². The molecule has 0 spiro atoms. The highest BCUT2D eigenvalue weighted by Gasteiger charge is 2.33. The maximum absolute atomic E-state index is 12.9. The molecule has 0 unspecified atom stereocenters. The largest absolute Gasteiger partial charge is 0.417 e. The van der Waals surface area contributed by atoms with E-state index < -0.39 is 11.7 Å². The van der Waals surface area contributed by atoms with Gasteiger partial charge in [-0.05, 0) is 23.8 Å². The summed E-state index contributed by atoms with van der Waals surface area (Å²) in [6.45, 7) is 0. The topological polar surface area (TPSA) is 26.0 Å². The van der Waals surface area contributed by atoms with Crippen molar-refractivity contribution in [1.29, 1.82) is 0 Å². The van der Waals surface area contributed by atoms with Gasteiger partial charge in [0, 0.05) is 16.3 Å². The Hall–Kier alpha value is -1.62. The lowest BCUT2D eigenvalue weighted by Gasteiger charge is -2.13. The summed E-state index contributed by atoms with van der Waals surface area (Å²) in [7, 11) is 0. The van der Waals surface area contributed by atoms with E-state index in [1.165, 1.54) is 12.1 Å². The molecule has 0 aliphatic carbocycles. The van der Waals surface area contributed by atoms with Gasteiger partial charge in [-0.3, -0.25) is 0 Å². The van der Waals surface area contributed by atoms with Gasteiger partial charge in [0.25, 0.3) is 0 Å². The van der Waals surface area contributed by atoms with Crippen molar-refractivity contribution in [1.82, 2.24) is 0 Å². The van der Waals surface area contributed by atoms with Crippen molar-refractivity contribution in [3.05, 3.63) is 59.7 Å². The van der Waals surface area contributed by atoms with Crippen LogP contribution in [0.25, 0.3) is 0 Å². The number of benzene rings is 2. The van der Waals surface area contributed by atoms with E-state index in [2.05, 4.69) is 0 Å². The number of hydrogen-bond acceptors (Lipinski definition) is 2. The van der Waals surface area contributed by atoms with Crippen LogP contribution in [0.4, 0.5) is 18.9 Å². The highest BCUT2D eigenvalue weighted by Crippen LogP contribution is 2.38. The molecular formula is C14H12F3NS. The number of nitrogen functional groups attached to an aromatic ring is 1. The van der Waals surface area contributed by atoms with Crippen LogP contribution in [0.2, 0.25) is 0 Å². The van der Waals surface area contributed by atoms with Crippen molar-refractivity contribution in [2.45, 2.75) is 16.8 Å². The molecule has 0 atom stereocenters. The first-order valence-electron chi connectivity index (χ1n) is 5.60. The van der Waals surface area contributed by atoms with Gasteiger partial charge in [-0.15, -0.1) is 11.8 Å². The molecule has 0 aliphatic heterocycles. The van der Waals surface area contributed by atoms with Crippen LogP contribution in [0, 0.1) is 0 Å². The summed E-state index contributed by atoms with van der Waals surface area (Å²) in [5.41, 5.74) is 5.85. The molecule has 100 valence electrons. The van der Waals surface area contributed by atoms with Crippen LogP contribution in [0.5, 0.6) is 0 Å². The predicted molar refractivity (Wildman–Crippen MR) is 71.9 cm³/mol. The van der Waals surface area contributed by atoms with Crippen molar-refractivity contribution in [3.8, 4) is 0 Å². The second kappa shape index (κ2) is 5.57. The Kier molecular flexibility index (Phi) is 4.04. The second-order valence-electron chi connectivity index (χ2n) is 4.03. The van der Waals surface area contributed by atoms with E-state index in [0.717, 1.165) is 23.4 Å². The van der Waals surface area contributed by atoms with Crippen LogP contribution in [0.3, 0.4) is 0 Å². The molecule has 2 aromatic carbocycles. The van der Waals surface area contributed by atoms with E-state index in [0.29, 0.717) is 5.75 Å². The zero-order chi connectivity index (χ0) is 13.9. The monoisotopic (exact) mass is 283 g/mol. The van der Waals surface area contributed by atoms with Crippen molar-refractivity contribution in [2.24, 2.45) is 0 Å². The molecule has 5 heteroatoms. The maximum atomic E-state index is 12.9. The third-order valence-electron chi connectivity index (χ3n) is 2.55. The lowest BCUT2D eigenvalue weighted by Crippen LogP contribution is -2.07. The number of hydrogen-bond donors (Lipinski definition) is 1. The minimum atomic E-state index is -4.38. The normalized spacial score (nSPS) is 11.5. The van der Waals surface area contributed by atoms with E-state index in [4.69, 9.17) is 5.73 Å². The first-order valence-corrected chi connectivity index (χ1v) is 6.59. The lowest BCUT2D eigenvalue weighted by atomic mass is 10.2. The minimum absolute atomic E-state index is 0.122. The molecule has 19 heavy (non-hydrogen) atoms. The number of thioether (sulfide) groups is 1. The van der Waals surface area contributed by atoms with Crippen molar-refractivity contribution >= 4 is 17.4 Å². The second-order valence-corrected chi connectivity index (χ2v) is 5.04. The first kappa shape index (κ1) is 13.8. The van der Waals surface area contributed by atoms with Gasteiger partial charge in [-0.1, -0.05) is 30.3 Å². The molecule has 0 amide bonds. The number of anilines is 1. The Morgan fingerprint density at radius 2 is 1.68 bits per heavy atom. The molecular weight excluding hydrogens is 271 g/mol. The third-order valence-corrected chi connectivity index (χ3v) is 3.69. The van der Waals surface area contributed by atoms with Crippen LogP contribution in [0.1, 0.15) is 11.1 Å². The summed E-state index contributed by atoms with van der Waals surface area (Å²) in [6, 6.07) is 13.3. The molecule has 0 saturated heterocycles. The van der Waals surface area contributed by atoms with Crippen molar-refractivity contribution < 1.29 is 13.2 Å². The van der Waals surface area contributed by atoms with Gasteiger partial charge in [0.15, 0.2) is 0 Å². The Morgan fingerprint density at radius 3 is 2.32 bits per heavy atom. The van der Waals surface area contributed by atoms with Gasteiger partial charge in [0.1, 0.15) is 0 Å². The van der Waals surface area contributed by atoms with Crippen molar-refractivity contribution in [2.75, 3.05) is 5.73 Å². The smallest absolute Gasteiger partial charge is 0.399 e. The molecule has 0 radical (unpaired) electrons. The summed E-state index contributed by atoms with van der Waals surface area (Å²) < 4.78 is 38.7. The summed E-state index contributed by atoms with van der Waals surface area (Å²) in [4.78, 5) is 0.200. The molecule has 1 nitrogen and oxygen atoms in total. The Morgan fingerprint density at radius 1 is 1.00 bits per heavy atom. The molecule has 0 fully saturated rings. The van der Waals surface area contributed by atoms with E-state index in [1.807, 2.05) is 30.3 Å². The third kappa shape index (κ3) is 3.67. The van der Waals surface area contributed by atoms with Gasteiger partial charge in [-0.2, -0.15) is 13.2 Å². The quantitative estimate of drug-likeness (QED) is 0.659.